The molecule has 0 aliphatic carbocycles. The zero-order valence-corrected chi connectivity index (χ0v) is 16.0. The van der Waals surface area contributed by atoms with E-state index in [1.54, 1.807) is 24.1 Å². The highest BCUT2D eigenvalue weighted by atomic mass is 16.5. The number of aromatic nitrogens is 2. The Morgan fingerprint density at radius 1 is 1.18 bits per heavy atom. The van der Waals surface area contributed by atoms with Crippen LogP contribution < -0.4 is 14.4 Å². The van der Waals surface area contributed by atoms with Crippen molar-refractivity contribution < 1.29 is 19.0 Å². The van der Waals surface area contributed by atoms with E-state index in [1.807, 2.05) is 18.3 Å². The first kappa shape index (κ1) is 18.5. The van der Waals surface area contributed by atoms with E-state index >= 15 is 0 Å². The van der Waals surface area contributed by atoms with Gasteiger partial charge in [-0.15, -0.1) is 0 Å². The molecule has 8 nitrogen and oxygen atoms in total. The fourth-order valence-corrected chi connectivity index (χ4v) is 3.39. The monoisotopic (exact) mass is 384 g/mol. The molecule has 1 fully saturated rings. The van der Waals surface area contributed by atoms with E-state index in [0.29, 0.717) is 43.8 Å². The van der Waals surface area contributed by atoms with E-state index < -0.39 is 0 Å². The van der Waals surface area contributed by atoms with Gasteiger partial charge >= 0.3 is 0 Å². The third kappa shape index (κ3) is 4.01. The third-order valence-corrected chi connectivity index (χ3v) is 5.00. The first-order valence-corrected chi connectivity index (χ1v) is 9.45. The van der Waals surface area contributed by atoms with Crippen molar-refractivity contribution in [2.45, 2.75) is 13.0 Å². The maximum absolute atomic E-state index is 12.7. The molecule has 2 aliphatic heterocycles. The number of carbonyl (C=O) groups excluding carboxylic acids is 1. The van der Waals surface area contributed by atoms with Crippen LogP contribution in [0.4, 0.5) is 5.95 Å². The Kier molecular flexibility index (Phi) is 5.57. The molecular formula is C20H24N4O4. The van der Waals surface area contributed by atoms with Crippen LogP contribution in [-0.2, 0) is 22.5 Å². The summed E-state index contributed by atoms with van der Waals surface area (Å²) in [6.07, 6.45) is 2.64. The SMILES string of the molecule is COc1ccccc1OCC(=O)N1CCc2cnc(N3CCOCC3)nc2C1. The molecular weight excluding hydrogens is 360 g/mol. The number of nitrogens with zero attached hydrogens (tertiary/aromatic N) is 4. The minimum atomic E-state index is -0.0666. The number of carbonyl (C=O) groups is 1. The molecule has 4 rings (SSSR count). The van der Waals surface area contributed by atoms with Gasteiger partial charge in [-0.05, 0) is 24.1 Å². The maximum Gasteiger partial charge on any atom is 0.260 e. The number of morpholine rings is 1. The second kappa shape index (κ2) is 8.43. The summed E-state index contributed by atoms with van der Waals surface area (Å²) in [6, 6.07) is 7.31. The number of amides is 1. The van der Waals surface area contributed by atoms with Gasteiger partial charge < -0.3 is 24.0 Å². The van der Waals surface area contributed by atoms with E-state index in [2.05, 4.69) is 9.88 Å². The fourth-order valence-electron chi connectivity index (χ4n) is 3.39. The van der Waals surface area contributed by atoms with E-state index in [4.69, 9.17) is 19.2 Å². The highest BCUT2D eigenvalue weighted by Crippen LogP contribution is 2.26. The standard InChI is InChI=1S/C20H24N4O4/c1-26-17-4-2-3-5-18(17)28-14-19(25)24-7-6-15-12-21-20(22-16(15)13-24)23-8-10-27-11-9-23/h2-5,12H,6-11,13-14H2,1H3. The van der Waals surface area contributed by atoms with Crippen LogP contribution in [0.15, 0.2) is 30.5 Å². The minimum absolute atomic E-state index is 0.0306. The molecule has 8 heteroatoms. The van der Waals surface area contributed by atoms with Gasteiger partial charge in [0.2, 0.25) is 5.95 Å². The lowest BCUT2D eigenvalue weighted by atomic mass is 10.1. The van der Waals surface area contributed by atoms with Crippen molar-refractivity contribution in [2.75, 3.05) is 51.5 Å². The summed E-state index contributed by atoms with van der Waals surface area (Å²) in [5.41, 5.74) is 2.01. The number of para-hydroxylation sites is 2. The van der Waals surface area contributed by atoms with Gasteiger partial charge in [0.25, 0.3) is 5.91 Å². The second-order valence-electron chi connectivity index (χ2n) is 6.75. The lowest BCUT2D eigenvalue weighted by molar-refractivity contribution is -0.134. The van der Waals surface area contributed by atoms with Gasteiger partial charge in [0.05, 0.1) is 32.6 Å². The quantitative estimate of drug-likeness (QED) is 0.769. The van der Waals surface area contributed by atoms with Gasteiger partial charge in [0, 0.05) is 25.8 Å². The smallest absolute Gasteiger partial charge is 0.260 e. The topological polar surface area (TPSA) is 77.0 Å². The summed E-state index contributed by atoms with van der Waals surface area (Å²) in [7, 11) is 1.58. The average Bonchev–Trinajstić information content (AvgIpc) is 2.77. The molecule has 2 aliphatic rings. The Labute approximate surface area is 164 Å². The van der Waals surface area contributed by atoms with Crippen molar-refractivity contribution in [2.24, 2.45) is 0 Å². The molecule has 0 saturated carbocycles. The number of anilines is 1. The van der Waals surface area contributed by atoms with Crippen LogP contribution in [-0.4, -0.2) is 67.3 Å². The first-order chi connectivity index (χ1) is 13.7. The number of ether oxygens (including phenoxy) is 3. The van der Waals surface area contributed by atoms with Gasteiger partial charge in [-0.1, -0.05) is 12.1 Å². The minimum Gasteiger partial charge on any atom is -0.493 e. The molecule has 0 bridgehead atoms. The Morgan fingerprint density at radius 2 is 1.96 bits per heavy atom. The van der Waals surface area contributed by atoms with Crippen LogP contribution >= 0.6 is 0 Å². The summed E-state index contributed by atoms with van der Waals surface area (Å²) in [5.74, 6) is 1.82. The highest BCUT2D eigenvalue weighted by molar-refractivity contribution is 5.78. The predicted octanol–water partition coefficient (Wildman–Crippen LogP) is 1.29. The average molecular weight is 384 g/mol. The normalized spacial score (nSPS) is 16.5. The Hall–Kier alpha value is -2.87. The molecule has 0 N–H and O–H groups in total. The molecule has 1 aromatic heterocycles. The van der Waals surface area contributed by atoms with Crippen LogP contribution in [0, 0.1) is 0 Å². The lowest BCUT2D eigenvalue weighted by Crippen LogP contribution is -2.40. The Balaban J connectivity index is 1.40. The van der Waals surface area contributed by atoms with Gasteiger partial charge in [-0.2, -0.15) is 0 Å². The van der Waals surface area contributed by atoms with Crippen LogP contribution in [0.2, 0.25) is 0 Å². The fraction of sp³-hybridized carbons (Fsp3) is 0.450. The van der Waals surface area contributed by atoms with Crippen molar-refractivity contribution in [3.05, 3.63) is 41.7 Å². The van der Waals surface area contributed by atoms with Crippen LogP contribution in [0.25, 0.3) is 0 Å². The molecule has 2 aromatic rings. The zero-order valence-electron chi connectivity index (χ0n) is 16.0. The number of hydrogen-bond acceptors (Lipinski definition) is 7. The molecule has 3 heterocycles. The molecule has 28 heavy (non-hydrogen) atoms. The summed E-state index contributed by atoms with van der Waals surface area (Å²) in [5, 5.41) is 0. The van der Waals surface area contributed by atoms with Gasteiger partial charge in [0.15, 0.2) is 18.1 Å². The highest BCUT2D eigenvalue weighted by Gasteiger charge is 2.24. The molecule has 1 saturated heterocycles. The number of hydrogen-bond donors (Lipinski definition) is 0. The van der Waals surface area contributed by atoms with Crippen LogP contribution in [0.3, 0.4) is 0 Å². The van der Waals surface area contributed by atoms with E-state index in [9.17, 15) is 4.79 Å². The van der Waals surface area contributed by atoms with Crippen molar-refractivity contribution >= 4 is 11.9 Å². The number of rotatable bonds is 5. The van der Waals surface area contributed by atoms with Crippen molar-refractivity contribution in [3.8, 4) is 11.5 Å². The maximum atomic E-state index is 12.7. The summed E-state index contributed by atoms with van der Waals surface area (Å²) >= 11 is 0. The summed E-state index contributed by atoms with van der Waals surface area (Å²) in [4.78, 5) is 25.8. The first-order valence-electron chi connectivity index (χ1n) is 9.45. The van der Waals surface area contributed by atoms with Crippen molar-refractivity contribution in [1.29, 1.82) is 0 Å². The molecule has 0 atom stereocenters. The number of benzene rings is 1. The third-order valence-electron chi connectivity index (χ3n) is 5.00. The van der Waals surface area contributed by atoms with Gasteiger partial charge in [-0.3, -0.25) is 4.79 Å². The van der Waals surface area contributed by atoms with E-state index in [-0.39, 0.29) is 12.5 Å². The van der Waals surface area contributed by atoms with E-state index in [0.717, 1.165) is 30.8 Å². The molecule has 148 valence electrons. The molecule has 0 unspecified atom stereocenters. The lowest BCUT2D eigenvalue weighted by Gasteiger charge is -2.30. The molecule has 1 amide bonds. The molecule has 0 radical (unpaired) electrons. The number of methoxy groups -OCH3 is 1. The number of fused-ring (bicyclic) bond motifs is 1. The molecule has 1 aromatic carbocycles. The van der Waals surface area contributed by atoms with Crippen LogP contribution in [0.5, 0.6) is 11.5 Å². The predicted molar refractivity (Wildman–Crippen MR) is 103 cm³/mol. The molecule has 0 spiro atoms. The summed E-state index contributed by atoms with van der Waals surface area (Å²) in [6.45, 7) is 4.03. The van der Waals surface area contributed by atoms with Gasteiger partial charge in [0.1, 0.15) is 0 Å². The second-order valence-corrected chi connectivity index (χ2v) is 6.75. The van der Waals surface area contributed by atoms with Crippen molar-refractivity contribution in [1.82, 2.24) is 14.9 Å². The van der Waals surface area contributed by atoms with Crippen molar-refractivity contribution in [3.63, 3.8) is 0 Å². The Bertz CT molecular complexity index is 839. The zero-order chi connectivity index (χ0) is 19.3. The van der Waals surface area contributed by atoms with Gasteiger partial charge in [-0.25, -0.2) is 9.97 Å². The Morgan fingerprint density at radius 3 is 2.75 bits per heavy atom. The summed E-state index contributed by atoms with van der Waals surface area (Å²) < 4.78 is 16.3. The van der Waals surface area contributed by atoms with Crippen LogP contribution in [0.1, 0.15) is 11.3 Å². The largest absolute Gasteiger partial charge is 0.493 e. The van der Waals surface area contributed by atoms with E-state index in [1.165, 1.54) is 0 Å².